The van der Waals surface area contributed by atoms with Crippen LogP contribution < -0.4 is 4.74 Å². The minimum Gasteiger partial charge on any atom is -0.489 e. The van der Waals surface area contributed by atoms with Gasteiger partial charge < -0.3 is 14.7 Å². The van der Waals surface area contributed by atoms with Gasteiger partial charge in [0, 0.05) is 24.7 Å². The molecule has 12 heteroatoms. The molecule has 3 aromatic rings. The normalized spacial score (nSPS) is 16.2. The number of aryl methyl sites for hydroxylation is 2. The predicted octanol–water partition coefficient (Wildman–Crippen LogP) is 3.64. The molecule has 192 valence electrons. The first-order valence-corrected chi connectivity index (χ1v) is 11.8. The number of carbonyl (C=O) groups is 2. The van der Waals surface area contributed by atoms with Crippen molar-refractivity contribution in [1.82, 2.24) is 24.4 Å². The van der Waals surface area contributed by atoms with Gasteiger partial charge in [-0.15, -0.1) is 12.4 Å². The smallest absolute Gasteiger partial charge is 0.317 e. The number of amides is 1. The average Bonchev–Trinajstić information content (AvgIpc) is 3.37. The Morgan fingerprint density at radius 2 is 1.94 bits per heavy atom. The fourth-order valence-corrected chi connectivity index (χ4v) is 4.88. The molecule has 0 radical (unpaired) electrons. The average molecular weight is 538 g/mol. The van der Waals surface area contributed by atoms with Gasteiger partial charge in [0.05, 0.1) is 47.3 Å². The van der Waals surface area contributed by atoms with Gasteiger partial charge in [0.1, 0.15) is 17.7 Å². The Morgan fingerprint density at radius 3 is 2.64 bits per heavy atom. The highest BCUT2D eigenvalue weighted by molar-refractivity contribution is 6.31. The first-order valence-electron chi connectivity index (χ1n) is 11.4. The van der Waals surface area contributed by atoms with E-state index >= 15 is 0 Å². The topological polar surface area (TPSA) is 100 Å². The SMILES string of the molecule is Cc1nc2c3c(nn2c(C)c1Cl)CN(C(=O)c1ccc(F)cc1OC1CCN(CC(=O)O)CC1)C3.Cl. The molecule has 0 aliphatic carbocycles. The third-order valence-electron chi connectivity index (χ3n) is 6.60. The molecule has 36 heavy (non-hydrogen) atoms. The first kappa shape index (κ1) is 26.1. The highest BCUT2D eigenvalue weighted by Gasteiger charge is 2.32. The molecule has 0 bridgehead atoms. The fourth-order valence-electron chi connectivity index (χ4n) is 4.75. The van der Waals surface area contributed by atoms with E-state index in [0.29, 0.717) is 55.4 Å². The van der Waals surface area contributed by atoms with Gasteiger partial charge in [0.2, 0.25) is 0 Å². The molecule has 9 nitrogen and oxygen atoms in total. The van der Waals surface area contributed by atoms with Gasteiger partial charge in [-0.2, -0.15) is 5.10 Å². The maximum Gasteiger partial charge on any atom is 0.317 e. The number of carboxylic acids is 1. The van der Waals surface area contributed by atoms with Crippen LogP contribution in [0.4, 0.5) is 4.39 Å². The lowest BCUT2D eigenvalue weighted by Crippen LogP contribution is -2.41. The van der Waals surface area contributed by atoms with Crippen molar-refractivity contribution < 1.29 is 23.8 Å². The number of fused-ring (bicyclic) bond motifs is 3. The highest BCUT2D eigenvalue weighted by Crippen LogP contribution is 2.32. The van der Waals surface area contributed by atoms with Crippen LogP contribution in [0.2, 0.25) is 5.02 Å². The quantitative estimate of drug-likeness (QED) is 0.530. The maximum absolute atomic E-state index is 14.1. The number of carbonyl (C=O) groups excluding carboxylic acids is 1. The van der Waals surface area contributed by atoms with E-state index in [4.69, 9.17) is 21.4 Å². The van der Waals surface area contributed by atoms with E-state index in [2.05, 4.69) is 10.1 Å². The van der Waals surface area contributed by atoms with Gasteiger partial charge in [0.15, 0.2) is 5.65 Å². The van der Waals surface area contributed by atoms with Crippen LogP contribution in [0.25, 0.3) is 5.65 Å². The minimum absolute atomic E-state index is 0. The van der Waals surface area contributed by atoms with Crippen LogP contribution >= 0.6 is 24.0 Å². The molecule has 5 rings (SSSR count). The molecule has 2 aliphatic heterocycles. The Morgan fingerprint density at radius 1 is 1.22 bits per heavy atom. The number of carboxylic acid groups (broad SMARTS) is 1. The molecule has 0 saturated carbocycles. The molecule has 0 atom stereocenters. The van der Waals surface area contributed by atoms with Crippen molar-refractivity contribution in [1.29, 1.82) is 0 Å². The molecule has 4 heterocycles. The van der Waals surface area contributed by atoms with Gasteiger partial charge in [0.25, 0.3) is 5.91 Å². The number of benzene rings is 1. The van der Waals surface area contributed by atoms with Crippen LogP contribution in [-0.2, 0) is 17.9 Å². The molecule has 2 aromatic heterocycles. The van der Waals surface area contributed by atoms with Gasteiger partial charge in [-0.1, -0.05) is 11.6 Å². The Balaban J connectivity index is 0.00000304. The summed E-state index contributed by atoms with van der Waals surface area (Å²) in [6, 6.07) is 3.93. The minimum atomic E-state index is -0.870. The van der Waals surface area contributed by atoms with E-state index in [-0.39, 0.29) is 42.3 Å². The molecule has 1 aromatic carbocycles. The molecular weight excluding hydrogens is 512 g/mol. The fraction of sp³-hybridized carbons (Fsp3) is 0.417. The predicted molar refractivity (Wildman–Crippen MR) is 132 cm³/mol. The number of piperidine rings is 1. The Hall–Kier alpha value is -2.95. The van der Waals surface area contributed by atoms with Crippen LogP contribution in [-0.4, -0.2) is 67.1 Å². The van der Waals surface area contributed by atoms with Crippen LogP contribution in [0.1, 0.15) is 45.8 Å². The summed E-state index contributed by atoms with van der Waals surface area (Å²) >= 11 is 6.32. The lowest BCUT2D eigenvalue weighted by Gasteiger charge is -2.31. The monoisotopic (exact) mass is 537 g/mol. The number of halogens is 3. The van der Waals surface area contributed by atoms with E-state index < -0.39 is 11.8 Å². The zero-order valence-corrected chi connectivity index (χ0v) is 21.4. The van der Waals surface area contributed by atoms with Gasteiger partial charge in [-0.25, -0.2) is 13.9 Å². The van der Waals surface area contributed by atoms with E-state index in [1.165, 1.54) is 18.2 Å². The van der Waals surface area contributed by atoms with Gasteiger partial charge in [-0.05, 0) is 38.8 Å². The lowest BCUT2D eigenvalue weighted by atomic mass is 10.1. The number of aromatic nitrogens is 3. The van der Waals surface area contributed by atoms with Crippen molar-refractivity contribution in [2.45, 2.75) is 45.9 Å². The molecular formula is C24H26Cl2FN5O4. The zero-order valence-electron chi connectivity index (χ0n) is 19.8. The molecule has 1 saturated heterocycles. The van der Waals surface area contributed by atoms with Crippen LogP contribution in [0, 0.1) is 19.7 Å². The number of ether oxygens (including phenoxy) is 1. The zero-order chi connectivity index (χ0) is 24.9. The van der Waals surface area contributed by atoms with Gasteiger partial charge in [-0.3, -0.25) is 14.5 Å². The summed E-state index contributed by atoms with van der Waals surface area (Å²) in [7, 11) is 0. The first-order chi connectivity index (χ1) is 16.7. The van der Waals surface area contributed by atoms with Crippen molar-refractivity contribution in [2.75, 3.05) is 19.6 Å². The van der Waals surface area contributed by atoms with Crippen LogP contribution in [0.5, 0.6) is 5.75 Å². The Labute approximate surface area is 218 Å². The lowest BCUT2D eigenvalue weighted by molar-refractivity contribution is -0.138. The van der Waals surface area contributed by atoms with E-state index in [0.717, 1.165) is 17.0 Å². The van der Waals surface area contributed by atoms with Crippen molar-refractivity contribution in [2.24, 2.45) is 0 Å². The van der Waals surface area contributed by atoms with Crippen molar-refractivity contribution in [3.05, 3.63) is 57.2 Å². The summed E-state index contributed by atoms with van der Waals surface area (Å²) in [6.07, 6.45) is 0.960. The van der Waals surface area contributed by atoms with Crippen molar-refractivity contribution >= 4 is 41.5 Å². The summed E-state index contributed by atoms with van der Waals surface area (Å²) in [5.74, 6) is -1.44. The summed E-state index contributed by atoms with van der Waals surface area (Å²) < 4.78 is 21.9. The maximum atomic E-state index is 14.1. The third-order valence-corrected chi connectivity index (χ3v) is 7.15. The van der Waals surface area contributed by atoms with E-state index in [1.807, 2.05) is 18.7 Å². The molecule has 1 amide bonds. The second-order valence-electron chi connectivity index (χ2n) is 9.05. The summed E-state index contributed by atoms with van der Waals surface area (Å²) in [4.78, 5) is 32.5. The molecule has 1 fully saturated rings. The van der Waals surface area contributed by atoms with E-state index in [9.17, 15) is 14.0 Å². The molecule has 0 unspecified atom stereocenters. The van der Waals surface area contributed by atoms with Gasteiger partial charge >= 0.3 is 5.97 Å². The molecule has 2 aliphatic rings. The number of nitrogens with zero attached hydrogens (tertiary/aromatic N) is 5. The van der Waals surface area contributed by atoms with E-state index in [1.54, 1.807) is 9.42 Å². The summed E-state index contributed by atoms with van der Waals surface area (Å²) in [5.41, 5.74) is 4.09. The van der Waals surface area contributed by atoms with Crippen molar-refractivity contribution in [3.63, 3.8) is 0 Å². The number of rotatable bonds is 5. The summed E-state index contributed by atoms with van der Waals surface area (Å²) in [6.45, 7) is 5.45. The van der Waals surface area contributed by atoms with Crippen molar-refractivity contribution in [3.8, 4) is 5.75 Å². The largest absolute Gasteiger partial charge is 0.489 e. The highest BCUT2D eigenvalue weighted by atomic mass is 35.5. The van der Waals surface area contributed by atoms with Crippen LogP contribution in [0.15, 0.2) is 18.2 Å². The molecule has 0 spiro atoms. The molecule has 1 N–H and O–H groups in total. The number of hydrogen-bond acceptors (Lipinski definition) is 6. The Bertz CT molecular complexity index is 1340. The Kier molecular flexibility index (Phi) is 7.40. The summed E-state index contributed by atoms with van der Waals surface area (Å²) in [5, 5.41) is 14.2. The van der Waals surface area contributed by atoms with Crippen LogP contribution in [0.3, 0.4) is 0 Å². The second kappa shape index (κ2) is 10.2. The third kappa shape index (κ3) is 4.85. The number of aliphatic carboxylic acids is 1. The number of hydrogen-bond donors (Lipinski definition) is 1. The standard InChI is InChI=1S/C24H25ClFN5O4.ClH/c1-13-22(25)14(2)31-23(27-13)18-10-30(11-19(18)28-31)24(34)17-4-3-15(26)9-20(17)35-16-5-7-29(8-6-16)12-21(32)33;/h3-4,9,16H,5-8,10-12H2,1-2H3,(H,32,33);1H. The second-order valence-corrected chi connectivity index (χ2v) is 9.42. The number of likely N-dealkylation sites (tertiary alicyclic amines) is 1.